The first-order valence-electron chi connectivity index (χ1n) is 6.48. The molecular weight excluding hydrogens is 394 g/mol. The highest BCUT2D eigenvalue weighted by molar-refractivity contribution is 9.11. The average Bonchev–Trinajstić information content (AvgIpc) is 2.46. The molecule has 1 unspecified atom stereocenters. The van der Waals surface area contributed by atoms with E-state index in [1.54, 1.807) is 6.20 Å². The molecule has 0 aliphatic carbocycles. The number of benzene rings is 1. The molecule has 3 nitrogen and oxygen atoms in total. The van der Waals surface area contributed by atoms with Crippen molar-refractivity contribution in [1.82, 2.24) is 9.97 Å². The molecule has 0 aliphatic heterocycles. The van der Waals surface area contributed by atoms with Gasteiger partial charge >= 0.3 is 0 Å². The predicted octanol–water partition coefficient (Wildman–Crippen LogP) is 4.51. The molecule has 5 heteroatoms. The molecule has 3 rings (SSSR count). The first kappa shape index (κ1) is 14.6. The molecule has 0 spiro atoms. The van der Waals surface area contributed by atoms with Crippen molar-refractivity contribution in [2.75, 3.05) is 0 Å². The summed E-state index contributed by atoms with van der Waals surface area (Å²) in [6.45, 7) is 1.99. The molecule has 1 aromatic carbocycles. The van der Waals surface area contributed by atoms with E-state index >= 15 is 0 Å². The quantitative estimate of drug-likeness (QED) is 0.680. The molecule has 2 heterocycles. The van der Waals surface area contributed by atoms with E-state index < -0.39 is 0 Å². The number of nitrogens with zero attached hydrogens (tertiary/aromatic N) is 2. The molecule has 106 valence electrons. The van der Waals surface area contributed by atoms with Gasteiger partial charge in [-0.3, -0.25) is 9.97 Å². The summed E-state index contributed by atoms with van der Waals surface area (Å²) in [6.07, 6.45) is 1.76. The maximum Gasteiger partial charge on any atom is 0.0758 e. The molecule has 0 bridgehead atoms. The van der Waals surface area contributed by atoms with Crippen LogP contribution in [0, 0.1) is 6.92 Å². The van der Waals surface area contributed by atoms with Gasteiger partial charge < -0.3 is 5.73 Å². The minimum absolute atomic E-state index is 0.279. The van der Waals surface area contributed by atoms with Crippen molar-refractivity contribution in [1.29, 1.82) is 0 Å². The Bertz CT molecular complexity index is 818. The van der Waals surface area contributed by atoms with Gasteiger partial charge in [0.15, 0.2) is 0 Å². The van der Waals surface area contributed by atoms with Crippen molar-refractivity contribution < 1.29 is 0 Å². The second-order valence-electron chi connectivity index (χ2n) is 4.90. The minimum Gasteiger partial charge on any atom is -0.319 e. The largest absolute Gasteiger partial charge is 0.319 e. The van der Waals surface area contributed by atoms with Crippen molar-refractivity contribution in [2.24, 2.45) is 5.73 Å². The third-order valence-corrected chi connectivity index (χ3v) is 4.41. The first-order chi connectivity index (χ1) is 10.0. The molecule has 0 saturated carbocycles. The molecule has 0 amide bonds. The van der Waals surface area contributed by atoms with Gasteiger partial charge in [-0.2, -0.15) is 0 Å². The summed E-state index contributed by atoms with van der Waals surface area (Å²) in [4.78, 5) is 8.92. The van der Waals surface area contributed by atoms with E-state index in [-0.39, 0.29) is 6.04 Å². The van der Waals surface area contributed by atoms with Crippen LogP contribution in [-0.2, 0) is 0 Å². The van der Waals surface area contributed by atoms with Crippen LogP contribution in [0.1, 0.15) is 23.0 Å². The topological polar surface area (TPSA) is 51.8 Å². The molecule has 0 saturated heterocycles. The van der Waals surface area contributed by atoms with E-state index in [0.29, 0.717) is 0 Å². The Balaban J connectivity index is 2.04. The Labute approximate surface area is 139 Å². The fraction of sp³-hybridized carbons (Fsp3) is 0.125. The summed E-state index contributed by atoms with van der Waals surface area (Å²) in [5, 5.41) is 1.08. The van der Waals surface area contributed by atoms with Gasteiger partial charge in [-0.05, 0) is 68.6 Å². The van der Waals surface area contributed by atoms with E-state index in [2.05, 4.69) is 54.0 Å². The summed E-state index contributed by atoms with van der Waals surface area (Å²) in [5.41, 5.74) is 10.2. The highest BCUT2D eigenvalue weighted by atomic mass is 79.9. The lowest BCUT2D eigenvalue weighted by atomic mass is 10.0. The SMILES string of the molecule is Cc1ccc2cc(C(N)c3ncc(Br)cc3Br)ccc2n1. The smallest absolute Gasteiger partial charge is 0.0758 e. The number of pyridine rings is 2. The lowest BCUT2D eigenvalue weighted by molar-refractivity contribution is 0.822. The van der Waals surface area contributed by atoms with Gasteiger partial charge in [-0.25, -0.2) is 0 Å². The third-order valence-electron chi connectivity index (χ3n) is 3.34. The van der Waals surface area contributed by atoms with Gasteiger partial charge in [0.05, 0.1) is 17.3 Å². The molecule has 1 atom stereocenters. The van der Waals surface area contributed by atoms with Crippen LogP contribution in [0.25, 0.3) is 10.9 Å². The number of rotatable bonds is 2. The van der Waals surface area contributed by atoms with E-state index in [1.807, 2.05) is 31.2 Å². The predicted molar refractivity (Wildman–Crippen MR) is 92.1 cm³/mol. The number of hydrogen-bond donors (Lipinski definition) is 1. The minimum atomic E-state index is -0.279. The highest BCUT2D eigenvalue weighted by Gasteiger charge is 2.14. The number of hydrogen-bond acceptors (Lipinski definition) is 3. The van der Waals surface area contributed by atoms with Crippen LogP contribution < -0.4 is 5.73 Å². The molecule has 0 radical (unpaired) electrons. The molecule has 0 fully saturated rings. The number of fused-ring (bicyclic) bond motifs is 1. The van der Waals surface area contributed by atoms with E-state index in [1.165, 1.54) is 0 Å². The number of halogens is 2. The molecule has 0 aliphatic rings. The van der Waals surface area contributed by atoms with Crippen molar-refractivity contribution in [2.45, 2.75) is 13.0 Å². The lowest BCUT2D eigenvalue weighted by Crippen LogP contribution is -2.14. The van der Waals surface area contributed by atoms with Crippen molar-refractivity contribution in [3.63, 3.8) is 0 Å². The van der Waals surface area contributed by atoms with E-state index in [0.717, 1.165) is 36.8 Å². The number of aryl methyl sites for hydroxylation is 1. The standard InChI is InChI=1S/C16H13Br2N3/c1-9-2-3-10-6-11(4-5-14(10)21-9)15(19)16-13(18)7-12(17)8-20-16/h2-8,15H,19H2,1H3. The van der Waals surface area contributed by atoms with Crippen LogP contribution in [0.4, 0.5) is 0 Å². The zero-order valence-electron chi connectivity index (χ0n) is 11.3. The van der Waals surface area contributed by atoms with Crippen LogP contribution in [0.15, 0.2) is 51.5 Å². The second kappa shape index (κ2) is 5.83. The van der Waals surface area contributed by atoms with Crippen molar-refractivity contribution in [3.05, 3.63) is 68.5 Å². The third kappa shape index (κ3) is 3.00. The molecule has 21 heavy (non-hydrogen) atoms. The van der Waals surface area contributed by atoms with Crippen molar-refractivity contribution >= 4 is 42.8 Å². The molecule has 3 aromatic rings. The lowest BCUT2D eigenvalue weighted by Gasteiger charge is -2.14. The van der Waals surface area contributed by atoms with Gasteiger partial charge in [0.1, 0.15) is 0 Å². The Morgan fingerprint density at radius 2 is 1.90 bits per heavy atom. The molecule has 2 N–H and O–H groups in total. The molecular formula is C16H13Br2N3. The normalized spacial score (nSPS) is 12.6. The Morgan fingerprint density at radius 1 is 1.10 bits per heavy atom. The van der Waals surface area contributed by atoms with Crippen molar-refractivity contribution in [3.8, 4) is 0 Å². The zero-order chi connectivity index (χ0) is 15.0. The summed E-state index contributed by atoms with van der Waals surface area (Å²) >= 11 is 6.92. The summed E-state index contributed by atoms with van der Waals surface area (Å²) in [7, 11) is 0. The maximum atomic E-state index is 6.36. The summed E-state index contributed by atoms with van der Waals surface area (Å²) in [6, 6.07) is 11.8. The summed E-state index contributed by atoms with van der Waals surface area (Å²) in [5.74, 6) is 0. The number of aromatic nitrogens is 2. The second-order valence-corrected chi connectivity index (χ2v) is 6.67. The highest BCUT2D eigenvalue weighted by Crippen LogP contribution is 2.28. The fourth-order valence-corrected chi connectivity index (χ4v) is 3.49. The summed E-state index contributed by atoms with van der Waals surface area (Å²) < 4.78 is 1.81. The number of nitrogens with two attached hydrogens (primary N) is 1. The Kier molecular flexibility index (Phi) is 4.06. The Hall–Kier alpha value is -1.30. The van der Waals surface area contributed by atoms with Crippen LogP contribution in [0.3, 0.4) is 0 Å². The van der Waals surface area contributed by atoms with Crippen LogP contribution in [0.5, 0.6) is 0 Å². The van der Waals surface area contributed by atoms with Gasteiger partial charge in [-0.1, -0.05) is 12.1 Å². The van der Waals surface area contributed by atoms with Gasteiger partial charge in [0.25, 0.3) is 0 Å². The zero-order valence-corrected chi connectivity index (χ0v) is 14.5. The van der Waals surface area contributed by atoms with Gasteiger partial charge in [0, 0.05) is 26.2 Å². The average molecular weight is 407 g/mol. The fourth-order valence-electron chi connectivity index (χ4n) is 2.25. The van der Waals surface area contributed by atoms with Crippen LogP contribution in [0.2, 0.25) is 0 Å². The van der Waals surface area contributed by atoms with Crippen LogP contribution >= 0.6 is 31.9 Å². The van der Waals surface area contributed by atoms with Gasteiger partial charge in [-0.15, -0.1) is 0 Å². The monoisotopic (exact) mass is 405 g/mol. The van der Waals surface area contributed by atoms with Gasteiger partial charge in [0.2, 0.25) is 0 Å². The van der Waals surface area contributed by atoms with E-state index in [9.17, 15) is 0 Å². The Morgan fingerprint density at radius 3 is 2.67 bits per heavy atom. The molecule has 2 aromatic heterocycles. The van der Waals surface area contributed by atoms with E-state index in [4.69, 9.17) is 5.73 Å². The van der Waals surface area contributed by atoms with Crippen LogP contribution in [-0.4, -0.2) is 9.97 Å². The first-order valence-corrected chi connectivity index (χ1v) is 8.07. The maximum absolute atomic E-state index is 6.36.